The molecule has 0 aromatic carbocycles. The Bertz CT molecular complexity index is 678. The summed E-state index contributed by atoms with van der Waals surface area (Å²) >= 11 is 0. The van der Waals surface area contributed by atoms with E-state index in [0.717, 1.165) is 63.6 Å². The predicted molar refractivity (Wildman–Crippen MR) is 98.0 cm³/mol. The second-order valence-corrected chi connectivity index (χ2v) is 7.57. The van der Waals surface area contributed by atoms with Crippen LogP contribution < -0.4 is 15.5 Å². The Morgan fingerprint density at radius 1 is 1.16 bits per heavy atom. The lowest BCUT2D eigenvalue weighted by Crippen LogP contribution is -2.61. The highest BCUT2D eigenvalue weighted by Crippen LogP contribution is 2.33. The van der Waals surface area contributed by atoms with Crippen molar-refractivity contribution in [2.24, 2.45) is 0 Å². The maximum Gasteiger partial charge on any atom is 0.227 e. The molecule has 2 saturated heterocycles. The van der Waals surface area contributed by atoms with Gasteiger partial charge in [0.1, 0.15) is 5.82 Å². The average Bonchev–Trinajstić information content (AvgIpc) is 3.02. The zero-order valence-electron chi connectivity index (χ0n) is 15.3. The Morgan fingerprint density at radius 3 is 2.88 bits per heavy atom. The third kappa shape index (κ3) is 2.94. The largest absolute Gasteiger partial charge is 0.373 e. The summed E-state index contributed by atoms with van der Waals surface area (Å²) in [6.07, 6.45) is 5.78. The van der Waals surface area contributed by atoms with E-state index in [1.165, 1.54) is 17.7 Å². The lowest BCUT2D eigenvalue weighted by atomic mass is 9.86. The summed E-state index contributed by atoms with van der Waals surface area (Å²) in [5.74, 6) is 2.01. The molecule has 1 amide bonds. The van der Waals surface area contributed by atoms with Crippen LogP contribution in [-0.2, 0) is 17.6 Å². The van der Waals surface area contributed by atoms with Gasteiger partial charge < -0.3 is 15.5 Å². The van der Waals surface area contributed by atoms with Crippen molar-refractivity contribution in [1.82, 2.24) is 20.2 Å². The van der Waals surface area contributed by atoms with Crippen molar-refractivity contribution in [2.45, 2.75) is 44.1 Å². The van der Waals surface area contributed by atoms with E-state index in [-0.39, 0.29) is 11.4 Å². The van der Waals surface area contributed by atoms with Crippen LogP contribution in [0.5, 0.6) is 0 Å². The normalized spacial score (nSPS) is 27.1. The van der Waals surface area contributed by atoms with Gasteiger partial charge in [-0.3, -0.25) is 9.69 Å². The van der Waals surface area contributed by atoms with Crippen LogP contribution in [0.3, 0.4) is 0 Å². The van der Waals surface area contributed by atoms with E-state index < -0.39 is 0 Å². The minimum atomic E-state index is 0.0274. The molecule has 7 heteroatoms. The van der Waals surface area contributed by atoms with Crippen molar-refractivity contribution >= 4 is 17.7 Å². The minimum absolute atomic E-state index is 0.0274. The van der Waals surface area contributed by atoms with Crippen molar-refractivity contribution in [2.75, 3.05) is 50.5 Å². The number of amides is 1. The van der Waals surface area contributed by atoms with Gasteiger partial charge in [0, 0.05) is 50.7 Å². The topological polar surface area (TPSA) is 73.4 Å². The first-order chi connectivity index (χ1) is 12.1. The van der Waals surface area contributed by atoms with E-state index >= 15 is 0 Å². The molecular formula is C18H28N6O. The van der Waals surface area contributed by atoms with Crippen LogP contribution in [0.1, 0.15) is 36.9 Å². The Labute approximate surface area is 149 Å². The molecule has 25 heavy (non-hydrogen) atoms. The fourth-order valence-electron chi connectivity index (χ4n) is 4.54. The van der Waals surface area contributed by atoms with Gasteiger partial charge in [0.2, 0.25) is 11.9 Å². The highest BCUT2D eigenvalue weighted by atomic mass is 16.1. The molecule has 2 N–H and O–H groups in total. The van der Waals surface area contributed by atoms with Crippen molar-refractivity contribution in [3.63, 3.8) is 0 Å². The number of nitrogens with zero attached hydrogens (tertiary/aromatic N) is 4. The van der Waals surface area contributed by atoms with Gasteiger partial charge in [-0.1, -0.05) is 0 Å². The number of likely N-dealkylation sites (N-methyl/N-ethyl adjacent to an activating group) is 1. The first kappa shape index (κ1) is 16.6. The molecule has 0 saturated carbocycles. The highest BCUT2D eigenvalue weighted by Gasteiger charge is 2.41. The number of fused-ring (bicyclic) bond motifs is 1. The predicted octanol–water partition coefficient (Wildman–Crippen LogP) is 0.798. The third-order valence-electron chi connectivity index (χ3n) is 6.17. The summed E-state index contributed by atoms with van der Waals surface area (Å²) in [4.78, 5) is 26.3. The number of carbonyl (C=O) groups excluding carboxylic acids is 1. The minimum Gasteiger partial charge on any atom is -0.373 e. The van der Waals surface area contributed by atoms with Gasteiger partial charge in [-0.15, -0.1) is 0 Å². The van der Waals surface area contributed by atoms with Crippen LogP contribution >= 0.6 is 0 Å². The molecule has 2 fully saturated rings. The molecule has 4 rings (SSSR count). The second-order valence-electron chi connectivity index (χ2n) is 7.57. The molecule has 3 aliphatic rings. The highest BCUT2D eigenvalue weighted by molar-refractivity contribution is 5.76. The molecule has 7 nitrogen and oxygen atoms in total. The zero-order valence-corrected chi connectivity index (χ0v) is 15.3. The molecule has 2 aliphatic heterocycles. The standard InChI is InChI=1S/C18H28N6O/c1-19-16-13-4-3-5-14(13)21-17(22-16)24-11-10-23(2)18(12-24)7-6-15(25)20-9-8-18/h3-12H2,1-2H3,(H,20,25)(H,19,21,22)/t18-/m0/s1. The molecule has 0 unspecified atom stereocenters. The van der Waals surface area contributed by atoms with E-state index in [1.807, 2.05) is 7.05 Å². The quantitative estimate of drug-likeness (QED) is 0.827. The summed E-state index contributed by atoms with van der Waals surface area (Å²) in [7, 11) is 4.13. The summed E-state index contributed by atoms with van der Waals surface area (Å²) in [5, 5.41) is 6.28. The zero-order chi connectivity index (χ0) is 17.4. The van der Waals surface area contributed by atoms with E-state index in [2.05, 4.69) is 27.5 Å². The Hall–Kier alpha value is -1.89. The molecule has 1 aliphatic carbocycles. The van der Waals surface area contributed by atoms with Gasteiger partial charge >= 0.3 is 0 Å². The van der Waals surface area contributed by atoms with Crippen molar-refractivity contribution < 1.29 is 4.79 Å². The van der Waals surface area contributed by atoms with Crippen LogP contribution in [0.25, 0.3) is 0 Å². The fraction of sp³-hybridized carbons (Fsp3) is 0.722. The molecule has 0 radical (unpaired) electrons. The monoisotopic (exact) mass is 344 g/mol. The van der Waals surface area contributed by atoms with E-state index in [4.69, 9.17) is 9.97 Å². The van der Waals surface area contributed by atoms with E-state index in [0.29, 0.717) is 6.42 Å². The number of rotatable bonds is 2. The maximum atomic E-state index is 11.8. The Balaban J connectivity index is 1.62. The molecule has 3 heterocycles. The maximum absolute atomic E-state index is 11.8. The van der Waals surface area contributed by atoms with Crippen LogP contribution in [0.2, 0.25) is 0 Å². The van der Waals surface area contributed by atoms with Crippen LogP contribution in [0.15, 0.2) is 0 Å². The van der Waals surface area contributed by atoms with Crippen molar-refractivity contribution in [3.8, 4) is 0 Å². The second kappa shape index (κ2) is 6.44. The van der Waals surface area contributed by atoms with Gasteiger partial charge in [0.15, 0.2) is 0 Å². The summed E-state index contributed by atoms with van der Waals surface area (Å²) in [6, 6.07) is 0. The molecule has 1 spiro atoms. The number of hydrogen-bond acceptors (Lipinski definition) is 6. The molecule has 1 aromatic heterocycles. The molecule has 136 valence electrons. The van der Waals surface area contributed by atoms with E-state index in [1.54, 1.807) is 0 Å². The van der Waals surface area contributed by atoms with Crippen LogP contribution in [0, 0.1) is 0 Å². The Kier molecular flexibility index (Phi) is 4.27. The van der Waals surface area contributed by atoms with Crippen LogP contribution in [0.4, 0.5) is 11.8 Å². The summed E-state index contributed by atoms with van der Waals surface area (Å²) < 4.78 is 0. The Morgan fingerprint density at radius 2 is 2.04 bits per heavy atom. The van der Waals surface area contributed by atoms with Crippen LogP contribution in [-0.4, -0.2) is 66.6 Å². The first-order valence-corrected chi connectivity index (χ1v) is 9.42. The lowest BCUT2D eigenvalue weighted by molar-refractivity contribution is -0.120. The van der Waals surface area contributed by atoms with Gasteiger partial charge in [-0.05, 0) is 39.2 Å². The van der Waals surface area contributed by atoms with Gasteiger partial charge in [-0.2, -0.15) is 4.98 Å². The molecule has 0 bridgehead atoms. The number of carbonyl (C=O) groups is 1. The van der Waals surface area contributed by atoms with Gasteiger partial charge in [-0.25, -0.2) is 4.98 Å². The fourth-order valence-corrected chi connectivity index (χ4v) is 4.54. The molecular weight excluding hydrogens is 316 g/mol. The first-order valence-electron chi connectivity index (χ1n) is 9.42. The number of hydrogen-bond donors (Lipinski definition) is 2. The summed E-state index contributed by atoms with van der Waals surface area (Å²) in [6.45, 7) is 3.55. The number of anilines is 2. The average molecular weight is 344 g/mol. The molecule has 1 aromatic rings. The number of piperazine rings is 1. The molecule has 1 atom stereocenters. The van der Waals surface area contributed by atoms with Crippen molar-refractivity contribution in [3.05, 3.63) is 11.3 Å². The summed E-state index contributed by atoms with van der Waals surface area (Å²) in [5.41, 5.74) is 2.53. The number of nitrogens with one attached hydrogen (secondary N) is 2. The number of aromatic nitrogens is 2. The van der Waals surface area contributed by atoms with Gasteiger partial charge in [0.05, 0.1) is 5.69 Å². The smallest absolute Gasteiger partial charge is 0.227 e. The lowest BCUT2D eigenvalue weighted by Gasteiger charge is -2.49. The SMILES string of the molecule is CNc1nc(N2CCN(C)[C@@]3(CCNC(=O)CC3)C2)nc2c1CCC2. The van der Waals surface area contributed by atoms with Gasteiger partial charge in [0.25, 0.3) is 0 Å². The third-order valence-corrected chi connectivity index (χ3v) is 6.17. The van der Waals surface area contributed by atoms with E-state index in [9.17, 15) is 4.79 Å². The van der Waals surface area contributed by atoms with Crippen molar-refractivity contribution in [1.29, 1.82) is 0 Å². The number of aryl methyl sites for hydroxylation is 1.